The van der Waals surface area contributed by atoms with Gasteiger partial charge in [0, 0.05) is 30.9 Å². The summed E-state index contributed by atoms with van der Waals surface area (Å²) in [5.74, 6) is 0.461. The van der Waals surface area contributed by atoms with Crippen LogP contribution in [0.4, 0.5) is 0 Å². The lowest BCUT2D eigenvalue weighted by Crippen LogP contribution is -2.45. The summed E-state index contributed by atoms with van der Waals surface area (Å²) in [5.41, 5.74) is 2.43. The lowest BCUT2D eigenvalue weighted by atomic mass is 9.91. The Balaban J connectivity index is 1.70. The molecule has 0 unspecified atom stereocenters. The third kappa shape index (κ3) is 2.61. The molecule has 2 aliphatic rings. The SMILES string of the molecule is O=C([C@@H]1CC=CCC1)N1CCn2cccc2[C@@H]1c1ccccc1. The van der Waals surface area contributed by atoms with E-state index >= 15 is 0 Å². The van der Waals surface area contributed by atoms with Crippen LogP contribution in [0, 0.1) is 5.92 Å². The maximum atomic E-state index is 13.2. The number of benzene rings is 1. The molecule has 1 aromatic heterocycles. The van der Waals surface area contributed by atoms with Gasteiger partial charge in [-0.25, -0.2) is 0 Å². The largest absolute Gasteiger partial charge is 0.348 e. The number of hydrogen-bond acceptors (Lipinski definition) is 1. The fourth-order valence-corrected chi connectivity index (χ4v) is 3.86. The maximum absolute atomic E-state index is 13.2. The second-order valence-electron chi connectivity index (χ2n) is 6.45. The third-order valence-electron chi connectivity index (χ3n) is 5.05. The minimum Gasteiger partial charge on any atom is -0.348 e. The van der Waals surface area contributed by atoms with Crippen molar-refractivity contribution in [1.29, 1.82) is 0 Å². The van der Waals surface area contributed by atoms with Crippen molar-refractivity contribution in [3.8, 4) is 0 Å². The average molecular weight is 306 g/mol. The molecule has 23 heavy (non-hydrogen) atoms. The van der Waals surface area contributed by atoms with Crippen molar-refractivity contribution in [2.24, 2.45) is 5.92 Å². The van der Waals surface area contributed by atoms with E-state index in [1.807, 2.05) is 6.07 Å². The highest BCUT2D eigenvalue weighted by atomic mass is 16.2. The number of hydrogen-bond donors (Lipinski definition) is 0. The van der Waals surface area contributed by atoms with Crippen molar-refractivity contribution in [3.05, 3.63) is 72.1 Å². The molecule has 0 fully saturated rings. The van der Waals surface area contributed by atoms with Crippen molar-refractivity contribution in [1.82, 2.24) is 9.47 Å². The van der Waals surface area contributed by atoms with E-state index < -0.39 is 0 Å². The Bertz CT molecular complexity index is 716. The summed E-state index contributed by atoms with van der Waals surface area (Å²) in [6, 6.07) is 14.7. The van der Waals surface area contributed by atoms with Gasteiger partial charge in [0.25, 0.3) is 0 Å². The summed E-state index contributed by atoms with van der Waals surface area (Å²) in [4.78, 5) is 15.3. The van der Waals surface area contributed by atoms with Crippen molar-refractivity contribution < 1.29 is 4.79 Å². The predicted octanol–water partition coefficient (Wildman–Crippen LogP) is 3.78. The van der Waals surface area contributed by atoms with E-state index in [9.17, 15) is 4.79 Å². The van der Waals surface area contributed by atoms with Gasteiger partial charge in [-0.15, -0.1) is 0 Å². The molecule has 118 valence electrons. The van der Waals surface area contributed by atoms with E-state index in [2.05, 4.69) is 64.2 Å². The third-order valence-corrected chi connectivity index (χ3v) is 5.05. The van der Waals surface area contributed by atoms with Gasteiger partial charge in [0.1, 0.15) is 0 Å². The fourth-order valence-electron chi connectivity index (χ4n) is 3.86. The van der Waals surface area contributed by atoms with Gasteiger partial charge >= 0.3 is 0 Å². The first-order valence-corrected chi connectivity index (χ1v) is 8.50. The molecule has 0 spiro atoms. The summed E-state index contributed by atoms with van der Waals surface area (Å²) in [7, 11) is 0. The molecule has 1 aromatic carbocycles. The monoisotopic (exact) mass is 306 g/mol. The number of carbonyl (C=O) groups is 1. The van der Waals surface area contributed by atoms with Crippen LogP contribution in [0.15, 0.2) is 60.8 Å². The highest BCUT2D eigenvalue weighted by molar-refractivity contribution is 5.80. The summed E-state index contributed by atoms with van der Waals surface area (Å²) < 4.78 is 2.28. The van der Waals surface area contributed by atoms with Crippen LogP contribution in [0.25, 0.3) is 0 Å². The van der Waals surface area contributed by atoms with E-state index in [1.165, 1.54) is 11.3 Å². The molecule has 0 bridgehead atoms. The first-order valence-electron chi connectivity index (χ1n) is 8.50. The highest BCUT2D eigenvalue weighted by Gasteiger charge is 2.35. The summed E-state index contributed by atoms with van der Waals surface area (Å²) >= 11 is 0. The smallest absolute Gasteiger partial charge is 0.226 e. The molecule has 0 radical (unpaired) electrons. The van der Waals surface area contributed by atoms with Crippen LogP contribution in [0.2, 0.25) is 0 Å². The molecule has 3 nitrogen and oxygen atoms in total. The van der Waals surface area contributed by atoms with Crippen LogP contribution in [0.3, 0.4) is 0 Å². The molecule has 0 N–H and O–H groups in total. The molecule has 2 heterocycles. The molecular weight excluding hydrogens is 284 g/mol. The summed E-state index contributed by atoms with van der Waals surface area (Å²) in [5, 5.41) is 0. The Labute approximate surface area is 137 Å². The van der Waals surface area contributed by atoms with Gasteiger partial charge < -0.3 is 9.47 Å². The normalized spacial score (nSPS) is 23.6. The number of carbonyl (C=O) groups excluding carboxylic acids is 1. The lowest BCUT2D eigenvalue weighted by molar-refractivity contribution is -0.138. The molecular formula is C20H22N2O. The second kappa shape index (κ2) is 6.07. The maximum Gasteiger partial charge on any atom is 0.226 e. The minimum absolute atomic E-state index is 0.0401. The first-order chi connectivity index (χ1) is 11.3. The van der Waals surface area contributed by atoms with Crippen LogP contribution in [-0.4, -0.2) is 21.9 Å². The molecule has 0 saturated carbocycles. The van der Waals surface area contributed by atoms with Crippen LogP contribution < -0.4 is 0 Å². The molecule has 1 aliphatic heterocycles. The summed E-state index contributed by atoms with van der Waals surface area (Å²) in [6.45, 7) is 1.68. The van der Waals surface area contributed by atoms with Gasteiger partial charge in [-0.05, 0) is 37.0 Å². The topological polar surface area (TPSA) is 25.2 Å². The average Bonchev–Trinajstić information content (AvgIpc) is 3.10. The van der Waals surface area contributed by atoms with Gasteiger partial charge in [0.2, 0.25) is 5.91 Å². The number of allylic oxidation sites excluding steroid dienone is 2. The molecule has 2 aromatic rings. The number of aromatic nitrogens is 1. The van der Waals surface area contributed by atoms with Crippen LogP contribution in [0.5, 0.6) is 0 Å². The molecule has 1 amide bonds. The van der Waals surface area contributed by atoms with Gasteiger partial charge in [0.05, 0.1) is 6.04 Å². The first kappa shape index (κ1) is 14.3. The number of rotatable bonds is 2. The van der Waals surface area contributed by atoms with E-state index in [0.29, 0.717) is 5.91 Å². The molecule has 2 atom stereocenters. The highest BCUT2D eigenvalue weighted by Crippen LogP contribution is 2.34. The lowest BCUT2D eigenvalue weighted by Gasteiger charge is -2.39. The van der Waals surface area contributed by atoms with Gasteiger partial charge in [-0.2, -0.15) is 0 Å². The van der Waals surface area contributed by atoms with Crippen molar-refractivity contribution >= 4 is 5.91 Å². The van der Waals surface area contributed by atoms with Crippen molar-refractivity contribution in [3.63, 3.8) is 0 Å². The van der Waals surface area contributed by atoms with E-state index in [1.54, 1.807) is 0 Å². The van der Waals surface area contributed by atoms with Gasteiger partial charge in [-0.3, -0.25) is 4.79 Å². The Morgan fingerprint density at radius 2 is 1.87 bits per heavy atom. The molecule has 4 rings (SSSR count). The van der Waals surface area contributed by atoms with Crippen molar-refractivity contribution in [2.75, 3.05) is 6.54 Å². The standard InChI is InChI=1S/C20H22N2O/c23-20(17-10-5-2-6-11-17)22-15-14-21-13-7-12-18(21)19(22)16-8-3-1-4-9-16/h1-5,7-9,12-13,17,19H,6,10-11,14-15H2/t17-,19+/m1/s1. The Morgan fingerprint density at radius 1 is 1.00 bits per heavy atom. The fraction of sp³-hybridized carbons (Fsp3) is 0.350. The second-order valence-corrected chi connectivity index (χ2v) is 6.45. The number of amides is 1. The van der Waals surface area contributed by atoms with Crippen LogP contribution >= 0.6 is 0 Å². The Morgan fingerprint density at radius 3 is 2.65 bits per heavy atom. The van der Waals surface area contributed by atoms with Gasteiger partial charge in [0.15, 0.2) is 0 Å². The van der Waals surface area contributed by atoms with Crippen LogP contribution in [-0.2, 0) is 11.3 Å². The zero-order valence-electron chi connectivity index (χ0n) is 13.3. The predicted molar refractivity (Wildman–Crippen MR) is 90.9 cm³/mol. The minimum atomic E-state index is 0.0401. The zero-order valence-corrected chi connectivity index (χ0v) is 13.3. The Hall–Kier alpha value is -2.29. The van der Waals surface area contributed by atoms with Crippen LogP contribution in [0.1, 0.15) is 36.6 Å². The zero-order chi connectivity index (χ0) is 15.6. The molecule has 3 heteroatoms. The van der Waals surface area contributed by atoms with E-state index in [4.69, 9.17) is 0 Å². The molecule has 0 saturated heterocycles. The van der Waals surface area contributed by atoms with Crippen molar-refractivity contribution in [2.45, 2.75) is 31.8 Å². The number of fused-ring (bicyclic) bond motifs is 1. The van der Waals surface area contributed by atoms with E-state index in [-0.39, 0.29) is 12.0 Å². The quantitative estimate of drug-likeness (QED) is 0.775. The van der Waals surface area contributed by atoms with E-state index in [0.717, 1.165) is 32.4 Å². The van der Waals surface area contributed by atoms with Gasteiger partial charge in [-0.1, -0.05) is 42.5 Å². The number of nitrogens with zero attached hydrogens (tertiary/aromatic N) is 2. The Kier molecular flexibility index (Phi) is 3.78. The molecule has 1 aliphatic carbocycles. The summed E-state index contributed by atoms with van der Waals surface area (Å²) in [6.07, 6.45) is 9.37.